The molecule has 0 spiro atoms. The molecule has 3 N–H and O–H groups in total. The molecule has 1 fully saturated rings. The van der Waals surface area contributed by atoms with Crippen LogP contribution in [0.4, 0.5) is 0 Å². The fourth-order valence-corrected chi connectivity index (χ4v) is 2.54. The summed E-state index contributed by atoms with van der Waals surface area (Å²) in [6.07, 6.45) is 2.26. The van der Waals surface area contributed by atoms with Crippen LogP contribution in [-0.2, 0) is 4.79 Å². The Hall–Kier alpha value is -1.55. The molecule has 1 amide bonds. The Morgan fingerprint density at radius 2 is 2.22 bits per heavy atom. The summed E-state index contributed by atoms with van der Waals surface area (Å²) in [4.78, 5) is 11.5. The topological polar surface area (TPSA) is 64.3 Å². The van der Waals surface area contributed by atoms with Crippen LogP contribution in [0, 0.1) is 6.92 Å². The number of aryl methyl sites for hydroxylation is 1. The number of primary amides is 1. The van der Waals surface area contributed by atoms with Gasteiger partial charge in [-0.15, -0.1) is 0 Å². The van der Waals surface area contributed by atoms with E-state index in [9.17, 15) is 4.79 Å². The molecule has 2 atom stereocenters. The van der Waals surface area contributed by atoms with Gasteiger partial charge in [0.1, 0.15) is 17.4 Å². The van der Waals surface area contributed by atoms with Crippen LogP contribution in [0.3, 0.4) is 0 Å². The molecule has 2 rings (SSSR count). The quantitative estimate of drug-likeness (QED) is 0.846. The monoisotopic (exact) mass is 248 g/mol. The van der Waals surface area contributed by atoms with Crippen molar-refractivity contribution in [3.05, 3.63) is 29.8 Å². The Morgan fingerprint density at radius 1 is 1.50 bits per heavy atom. The van der Waals surface area contributed by atoms with Crippen LogP contribution in [0.1, 0.15) is 24.8 Å². The van der Waals surface area contributed by atoms with Gasteiger partial charge in [0.15, 0.2) is 0 Å². The van der Waals surface area contributed by atoms with E-state index < -0.39 is 5.54 Å². The van der Waals surface area contributed by atoms with Gasteiger partial charge in [-0.1, -0.05) is 18.2 Å². The molecule has 0 saturated heterocycles. The maximum Gasteiger partial charge on any atom is 0.237 e. The number of hydrogen-bond donors (Lipinski definition) is 2. The van der Waals surface area contributed by atoms with E-state index in [4.69, 9.17) is 10.5 Å². The summed E-state index contributed by atoms with van der Waals surface area (Å²) in [5.74, 6) is 0.597. The number of para-hydroxylation sites is 1. The third kappa shape index (κ3) is 2.34. The minimum Gasteiger partial charge on any atom is -0.490 e. The molecule has 98 valence electrons. The molecule has 0 bridgehead atoms. The lowest BCUT2D eigenvalue weighted by Crippen LogP contribution is -2.52. The number of carbonyl (C=O) groups excluding carboxylic acids is 1. The van der Waals surface area contributed by atoms with Crippen molar-refractivity contribution in [2.75, 3.05) is 7.05 Å². The zero-order valence-electron chi connectivity index (χ0n) is 10.9. The van der Waals surface area contributed by atoms with Gasteiger partial charge < -0.3 is 15.8 Å². The summed E-state index contributed by atoms with van der Waals surface area (Å²) >= 11 is 0. The van der Waals surface area contributed by atoms with Gasteiger partial charge >= 0.3 is 0 Å². The van der Waals surface area contributed by atoms with E-state index in [-0.39, 0.29) is 12.0 Å². The molecule has 1 aromatic rings. The molecule has 18 heavy (non-hydrogen) atoms. The summed E-state index contributed by atoms with van der Waals surface area (Å²) in [5, 5.41) is 3.05. The van der Waals surface area contributed by atoms with Crippen LogP contribution in [0.5, 0.6) is 5.75 Å². The number of carbonyl (C=O) groups is 1. The first-order valence-corrected chi connectivity index (χ1v) is 6.28. The van der Waals surface area contributed by atoms with Crippen LogP contribution >= 0.6 is 0 Å². The lowest BCUT2D eigenvalue weighted by atomic mass is 9.97. The van der Waals surface area contributed by atoms with Gasteiger partial charge in [0, 0.05) is 6.42 Å². The Morgan fingerprint density at radius 3 is 2.78 bits per heavy atom. The first kappa shape index (κ1) is 12.9. The van der Waals surface area contributed by atoms with Crippen molar-refractivity contribution in [1.82, 2.24) is 5.32 Å². The average Bonchev–Trinajstić information content (AvgIpc) is 2.77. The first-order chi connectivity index (χ1) is 8.57. The van der Waals surface area contributed by atoms with Crippen molar-refractivity contribution in [2.24, 2.45) is 5.73 Å². The highest BCUT2D eigenvalue weighted by molar-refractivity contribution is 5.85. The summed E-state index contributed by atoms with van der Waals surface area (Å²) in [5.41, 5.74) is 5.98. The van der Waals surface area contributed by atoms with Crippen molar-refractivity contribution in [3.63, 3.8) is 0 Å². The maximum atomic E-state index is 11.5. The summed E-state index contributed by atoms with van der Waals surface area (Å²) < 4.78 is 5.97. The van der Waals surface area contributed by atoms with Gasteiger partial charge in [-0.2, -0.15) is 0 Å². The van der Waals surface area contributed by atoms with Crippen molar-refractivity contribution in [2.45, 2.75) is 37.8 Å². The van der Waals surface area contributed by atoms with Crippen molar-refractivity contribution in [3.8, 4) is 5.75 Å². The molecule has 4 nitrogen and oxygen atoms in total. The Kier molecular flexibility index (Phi) is 3.57. The number of ether oxygens (including phenoxy) is 1. The van der Waals surface area contributed by atoms with E-state index in [1.807, 2.05) is 31.2 Å². The molecule has 1 aliphatic carbocycles. The van der Waals surface area contributed by atoms with Gasteiger partial charge in [0.05, 0.1) is 0 Å². The Bertz CT molecular complexity index is 447. The standard InChI is InChI=1S/C14H20N2O2/c1-10-5-3-4-6-12(10)18-11-7-8-14(9-11,16-2)13(15)17/h3-6,11,16H,7-9H2,1-2H3,(H2,15,17). The lowest BCUT2D eigenvalue weighted by molar-refractivity contribution is -0.124. The number of hydrogen-bond acceptors (Lipinski definition) is 3. The second kappa shape index (κ2) is 4.98. The number of benzene rings is 1. The SMILES string of the molecule is CNC1(C(N)=O)CCC(Oc2ccccc2C)C1. The average molecular weight is 248 g/mol. The fourth-order valence-electron chi connectivity index (χ4n) is 2.54. The molecule has 0 radical (unpaired) electrons. The largest absolute Gasteiger partial charge is 0.490 e. The fraction of sp³-hybridized carbons (Fsp3) is 0.500. The number of nitrogens with two attached hydrogens (primary N) is 1. The molecule has 4 heteroatoms. The summed E-state index contributed by atoms with van der Waals surface area (Å²) in [6, 6.07) is 7.91. The second-order valence-corrected chi connectivity index (χ2v) is 4.94. The van der Waals surface area contributed by atoms with Crippen molar-refractivity contribution < 1.29 is 9.53 Å². The normalized spacial score (nSPS) is 27.1. The molecule has 2 unspecified atom stereocenters. The highest BCUT2D eigenvalue weighted by Crippen LogP contribution is 2.33. The maximum absolute atomic E-state index is 11.5. The zero-order chi connectivity index (χ0) is 13.2. The molecule has 1 saturated carbocycles. The first-order valence-electron chi connectivity index (χ1n) is 6.28. The van der Waals surface area contributed by atoms with E-state index in [0.29, 0.717) is 6.42 Å². The zero-order valence-corrected chi connectivity index (χ0v) is 10.9. The molecular weight excluding hydrogens is 228 g/mol. The third-order valence-electron chi connectivity index (χ3n) is 3.81. The smallest absolute Gasteiger partial charge is 0.237 e. The second-order valence-electron chi connectivity index (χ2n) is 4.94. The van der Waals surface area contributed by atoms with E-state index >= 15 is 0 Å². The molecule has 1 aromatic carbocycles. The van der Waals surface area contributed by atoms with E-state index in [1.165, 1.54) is 0 Å². The van der Waals surface area contributed by atoms with Gasteiger partial charge in [0.2, 0.25) is 5.91 Å². The van der Waals surface area contributed by atoms with Crippen LogP contribution in [0.2, 0.25) is 0 Å². The predicted molar refractivity (Wildman–Crippen MR) is 70.4 cm³/mol. The molecule has 0 heterocycles. The number of amides is 1. The van der Waals surface area contributed by atoms with E-state index in [0.717, 1.165) is 24.2 Å². The predicted octanol–water partition coefficient (Wildman–Crippen LogP) is 1.37. The van der Waals surface area contributed by atoms with E-state index in [2.05, 4.69) is 5.32 Å². The molecule has 0 aromatic heterocycles. The Labute approximate surface area is 108 Å². The van der Waals surface area contributed by atoms with Crippen LogP contribution < -0.4 is 15.8 Å². The minimum atomic E-state index is -0.604. The highest BCUT2D eigenvalue weighted by Gasteiger charge is 2.43. The molecule has 1 aliphatic rings. The van der Waals surface area contributed by atoms with Gasteiger partial charge in [-0.3, -0.25) is 4.79 Å². The van der Waals surface area contributed by atoms with Gasteiger partial charge in [0.25, 0.3) is 0 Å². The number of likely N-dealkylation sites (N-methyl/N-ethyl adjacent to an activating group) is 1. The van der Waals surface area contributed by atoms with Gasteiger partial charge in [-0.25, -0.2) is 0 Å². The highest BCUT2D eigenvalue weighted by atomic mass is 16.5. The third-order valence-corrected chi connectivity index (χ3v) is 3.81. The summed E-state index contributed by atoms with van der Waals surface area (Å²) in [7, 11) is 1.78. The molecular formula is C14H20N2O2. The Balaban J connectivity index is 2.06. The van der Waals surface area contributed by atoms with Crippen molar-refractivity contribution in [1.29, 1.82) is 0 Å². The van der Waals surface area contributed by atoms with Crippen LogP contribution in [0.25, 0.3) is 0 Å². The van der Waals surface area contributed by atoms with E-state index in [1.54, 1.807) is 7.05 Å². The van der Waals surface area contributed by atoms with Gasteiger partial charge in [-0.05, 0) is 38.4 Å². The lowest BCUT2D eigenvalue weighted by Gasteiger charge is -2.25. The van der Waals surface area contributed by atoms with Crippen LogP contribution in [0.15, 0.2) is 24.3 Å². The molecule has 0 aliphatic heterocycles. The minimum absolute atomic E-state index is 0.0473. The number of nitrogens with one attached hydrogen (secondary N) is 1. The van der Waals surface area contributed by atoms with Crippen molar-refractivity contribution >= 4 is 5.91 Å². The summed E-state index contributed by atoms with van der Waals surface area (Å²) in [6.45, 7) is 2.02. The van der Waals surface area contributed by atoms with Crippen LogP contribution in [-0.4, -0.2) is 24.6 Å². The number of rotatable bonds is 4.